The van der Waals surface area contributed by atoms with Crippen molar-refractivity contribution in [1.29, 1.82) is 0 Å². The van der Waals surface area contributed by atoms with Crippen LogP contribution in [0.3, 0.4) is 0 Å². The first-order valence-corrected chi connectivity index (χ1v) is 5.74. The minimum atomic E-state index is -0.627. The first-order chi connectivity index (χ1) is 9.24. The second-order valence-corrected chi connectivity index (χ2v) is 4.04. The number of carbonyl (C=O) groups excluding carboxylic acids is 1. The van der Waals surface area contributed by atoms with E-state index in [-0.39, 0.29) is 11.7 Å². The summed E-state index contributed by atoms with van der Waals surface area (Å²) in [6, 6.07) is 11.5. The second-order valence-electron chi connectivity index (χ2n) is 4.04. The summed E-state index contributed by atoms with van der Waals surface area (Å²) in [5.74, 6) is -0.751. The van der Waals surface area contributed by atoms with Gasteiger partial charge in [0.25, 0.3) is 5.91 Å². The van der Waals surface area contributed by atoms with E-state index in [0.717, 1.165) is 10.9 Å². The molecule has 0 atom stereocenters. The molecule has 5 heteroatoms. The molecule has 0 saturated carbocycles. The smallest absolute Gasteiger partial charge is 0.257 e. The third-order valence-corrected chi connectivity index (χ3v) is 2.80. The van der Waals surface area contributed by atoms with E-state index in [0.29, 0.717) is 5.56 Å². The zero-order valence-electron chi connectivity index (χ0n) is 9.85. The molecule has 19 heavy (non-hydrogen) atoms. The molecule has 3 rings (SSSR count). The summed E-state index contributed by atoms with van der Waals surface area (Å²) in [6.45, 7) is 0. The Morgan fingerprint density at radius 1 is 1.16 bits per heavy atom. The minimum Gasteiger partial charge on any atom is -0.361 e. The predicted octanol–water partition coefficient (Wildman–Crippen LogP) is 2.95. The van der Waals surface area contributed by atoms with Gasteiger partial charge in [-0.1, -0.05) is 12.1 Å². The number of benzene rings is 1. The molecule has 94 valence electrons. The lowest BCUT2D eigenvalue weighted by Gasteiger charge is -2.05. The highest BCUT2D eigenvalue weighted by Gasteiger charge is 2.11. The lowest BCUT2D eigenvalue weighted by molar-refractivity contribution is 0.102. The van der Waals surface area contributed by atoms with E-state index in [9.17, 15) is 9.18 Å². The number of aromatic amines is 1. The summed E-state index contributed by atoms with van der Waals surface area (Å²) < 4.78 is 13.0. The summed E-state index contributed by atoms with van der Waals surface area (Å²) in [4.78, 5) is 18.8. The van der Waals surface area contributed by atoms with Crippen LogP contribution < -0.4 is 5.32 Å². The molecule has 0 bridgehead atoms. The van der Waals surface area contributed by atoms with E-state index in [4.69, 9.17) is 0 Å². The maximum absolute atomic E-state index is 13.0. The summed E-state index contributed by atoms with van der Waals surface area (Å²) in [7, 11) is 0. The SMILES string of the molecule is O=C(Nc1cccc(F)n1)c1cccc2[nH]ccc12. The molecule has 4 nitrogen and oxygen atoms in total. The van der Waals surface area contributed by atoms with Gasteiger partial charge < -0.3 is 10.3 Å². The van der Waals surface area contributed by atoms with E-state index in [2.05, 4.69) is 15.3 Å². The van der Waals surface area contributed by atoms with Crippen LogP contribution >= 0.6 is 0 Å². The standard InChI is InChI=1S/C14H10FN3O/c15-12-5-2-6-13(17-12)18-14(19)10-3-1-4-11-9(10)7-8-16-11/h1-8,16H,(H,17,18,19). The zero-order valence-corrected chi connectivity index (χ0v) is 9.85. The summed E-state index contributed by atoms with van der Waals surface area (Å²) in [5, 5.41) is 3.39. The molecule has 0 fully saturated rings. The minimum absolute atomic E-state index is 0.192. The van der Waals surface area contributed by atoms with Crippen LogP contribution in [-0.4, -0.2) is 15.9 Å². The first kappa shape index (κ1) is 11.4. The van der Waals surface area contributed by atoms with Crippen molar-refractivity contribution in [2.24, 2.45) is 0 Å². The zero-order chi connectivity index (χ0) is 13.2. The van der Waals surface area contributed by atoms with Crippen LogP contribution in [0.25, 0.3) is 10.9 Å². The average molecular weight is 255 g/mol. The number of aromatic nitrogens is 2. The van der Waals surface area contributed by atoms with Gasteiger partial charge in [0.1, 0.15) is 5.82 Å². The molecule has 0 aliphatic rings. The van der Waals surface area contributed by atoms with E-state index < -0.39 is 5.95 Å². The van der Waals surface area contributed by atoms with Gasteiger partial charge in [0.15, 0.2) is 0 Å². The van der Waals surface area contributed by atoms with Crippen molar-refractivity contribution in [3.05, 3.63) is 60.2 Å². The van der Waals surface area contributed by atoms with Crippen LogP contribution in [0.4, 0.5) is 10.2 Å². The van der Waals surface area contributed by atoms with Gasteiger partial charge in [0, 0.05) is 22.7 Å². The van der Waals surface area contributed by atoms with Gasteiger partial charge in [0.05, 0.1) is 0 Å². The molecule has 2 heterocycles. The fraction of sp³-hybridized carbons (Fsp3) is 0. The number of nitrogens with zero attached hydrogens (tertiary/aromatic N) is 1. The molecule has 0 saturated heterocycles. The molecular weight excluding hydrogens is 245 g/mol. The third-order valence-electron chi connectivity index (χ3n) is 2.80. The van der Waals surface area contributed by atoms with E-state index in [1.165, 1.54) is 18.2 Å². The molecule has 2 N–H and O–H groups in total. The number of nitrogens with one attached hydrogen (secondary N) is 2. The van der Waals surface area contributed by atoms with Gasteiger partial charge in [0.2, 0.25) is 5.95 Å². The van der Waals surface area contributed by atoms with Crippen molar-refractivity contribution in [2.45, 2.75) is 0 Å². The Labute approximate surface area is 108 Å². The Morgan fingerprint density at radius 2 is 2.00 bits per heavy atom. The Bertz CT molecular complexity index is 751. The Morgan fingerprint density at radius 3 is 2.84 bits per heavy atom. The number of anilines is 1. The Balaban J connectivity index is 1.94. The van der Waals surface area contributed by atoms with Crippen molar-refractivity contribution >= 4 is 22.6 Å². The number of hydrogen-bond acceptors (Lipinski definition) is 2. The highest BCUT2D eigenvalue weighted by atomic mass is 19.1. The van der Waals surface area contributed by atoms with Gasteiger partial charge >= 0.3 is 0 Å². The van der Waals surface area contributed by atoms with Gasteiger partial charge in [-0.25, -0.2) is 4.98 Å². The maximum atomic E-state index is 13.0. The van der Waals surface area contributed by atoms with Gasteiger partial charge in [-0.15, -0.1) is 0 Å². The number of halogens is 1. The topological polar surface area (TPSA) is 57.8 Å². The number of pyridine rings is 1. The lowest BCUT2D eigenvalue weighted by atomic mass is 10.1. The monoisotopic (exact) mass is 255 g/mol. The number of H-pyrrole nitrogens is 1. The highest BCUT2D eigenvalue weighted by molar-refractivity contribution is 6.12. The Kier molecular flexibility index (Phi) is 2.72. The number of rotatable bonds is 2. The van der Waals surface area contributed by atoms with Crippen molar-refractivity contribution in [2.75, 3.05) is 5.32 Å². The predicted molar refractivity (Wildman–Crippen MR) is 70.4 cm³/mol. The van der Waals surface area contributed by atoms with E-state index in [1.54, 1.807) is 18.3 Å². The van der Waals surface area contributed by atoms with Crippen molar-refractivity contribution < 1.29 is 9.18 Å². The number of hydrogen-bond donors (Lipinski definition) is 2. The van der Waals surface area contributed by atoms with Crippen molar-refractivity contribution in [3.8, 4) is 0 Å². The number of fused-ring (bicyclic) bond motifs is 1. The summed E-state index contributed by atoms with van der Waals surface area (Å²) >= 11 is 0. The van der Waals surface area contributed by atoms with E-state index >= 15 is 0 Å². The fourth-order valence-electron chi connectivity index (χ4n) is 1.94. The second kappa shape index (κ2) is 4.53. The van der Waals surface area contributed by atoms with E-state index in [1.807, 2.05) is 12.1 Å². The molecule has 1 amide bonds. The molecule has 0 aliphatic heterocycles. The van der Waals surface area contributed by atoms with Gasteiger partial charge in [-0.2, -0.15) is 4.39 Å². The van der Waals surface area contributed by atoms with Crippen LogP contribution in [0.2, 0.25) is 0 Å². The first-order valence-electron chi connectivity index (χ1n) is 5.74. The molecule has 1 aromatic carbocycles. The summed E-state index contributed by atoms with van der Waals surface area (Å²) in [5.41, 5.74) is 1.39. The van der Waals surface area contributed by atoms with Gasteiger partial charge in [-0.05, 0) is 30.3 Å². The normalized spacial score (nSPS) is 10.6. The molecule has 0 spiro atoms. The molecule has 0 unspecified atom stereocenters. The van der Waals surface area contributed by atoms with Gasteiger partial charge in [-0.3, -0.25) is 4.79 Å². The van der Waals surface area contributed by atoms with Crippen LogP contribution in [-0.2, 0) is 0 Å². The third kappa shape index (κ3) is 2.18. The van der Waals surface area contributed by atoms with Crippen LogP contribution in [0.5, 0.6) is 0 Å². The molecule has 3 aromatic rings. The largest absolute Gasteiger partial charge is 0.361 e. The lowest BCUT2D eigenvalue weighted by Crippen LogP contribution is -2.13. The van der Waals surface area contributed by atoms with Crippen LogP contribution in [0.1, 0.15) is 10.4 Å². The highest BCUT2D eigenvalue weighted by Crippen LogP contribution is 2.18. The summed E-state index contributed by atoms with van der Waals surface area (Å²) in [6.07, 6.45) is 1.77. The quantitative estimate of drug-likeness (QED) is 0.692. The molecule has 0 radical (unpaired) electrons. The Hall–Kier alpha value is -2.69. The van der Waals surface area contributed by atoms with Crippen LogP contribution in [0.15, 0.2) is 48.7 Å². The van der Waals surface area contributed by atoms with Crippen LogP contribution in [0, 0.1) is 5.95 Å². The van der Waals surface area contributed by atoms with Crippen molar-refractivity contribution in [1.82, 2.24) is 9.97 Å². The average Bonchev–Trinajstić information content (AvgIpc) is 2.86. The number of amides is 1. The fourth-order valence-corrected chi connectivity index (χ4v) is 1.94. The van der Waals surface area contributed by atoms with Crippen molar-refractivity contribution in [3.63, 3.8) is 0 Å². The maximum Gasteiger partial charge on any atom is 0.257 e. The molecule has 2 aromatic heterocycles. The number of carbonyl (C=O) groups is 1. The molecule has 0 aliphatic carbocycles. The molecular formula is C14H10FN3O.